The number of hydrogen-bond donors (Lipinski definition) is 1. The van der Waals surface area contributed by atoms with E-state index in [1.54, 1.807) is 4.90 Å². The average molecular weight is 368 g/mol. The number of hydrogen-bond acceptors (Lipinski definition) is 3. The average Bonchev–Trinajstić information content (AvgIpc) is 2.59. The molecule has 0 aromatic heterocycles. The third-order valence-electron chi connectivity index (χ3n) is 4.12. The molecule has 5 nitrogen and oxygen atoms in total. The van der Waals surface area contributed by atoms with Gasteiger partial charge in [0.05, 0.1) is 11.8 Å². The van der Waals surface area contributed by atoms with E-state index >= 15 is 0 Å². The molecule has 0 saturated heterocycles. The monoisotopic (exact) mass is 368 g/mol. The highest BCUT2D eigenvalue weighted by Crippen LogP contribution is 2.25. The number of rotatable bonds is 7. The van der Waals surface area contributed by atoms with Gasteiger partial charge < -0.3 is 15.0 Å². The molecule has 0 heterocycles. The zero-order chi connectivity index (χ0) is 20.0. The summed E-state index contributed by atoms with van der Waals surface area (Å²) in [5, 5.41) is 2.89. The van der Waals surface area contributed by atoms with Crippen LogP contribution in [0.25, 0.3) is 0 Å². The molecule has 0 aliphatic carbocycles. The summed E-state index contributed by atoms with van der Waals surface area (Å²) >= 11 is 0. The number of benzene rings is 2. The Hall–Kier alpha value is -2.82. The van der Waals surface area contributed by atoms with Gasteiger partial charge in [0.25, 0.3) is 0 Å². The molecule has 0 bridgehead atoms. The molecule has 0 unspecified atom stereocenters. The predicted octanol–water partition coefficient (Wildman–Crippen LogP) is 4.47. The largest absolute Gasteiger partial charge is 0.489 e. The van der Waals surface area contributed by atoms with Crippen molar-refractivity contribution in [2.24, 2.45) is 0 Å². The summed E-state index contributed by atoms with van der Waals surface area (Å²) in [6, 6.07) is 13.3. The van der Waals surface area contributed by atoms with Gasteiger partial charge in [0.2, 0.25) is 11.8 Å². The molecule has 0 radical (unpaired) electrons. The van der Waals surface area contributed by atoms with Gasteiger partial charge in [-0.05, 0) is 57.0 Å². The van der Waals surface area contributed by atoms with E-state index in [2.05, 4.69) is 5.32 Å². The van der Waals surface area contributed by atoms with Crippen molar-refractivity contribution in [3.05, 3.63) is 53.6 Å². The molecule has 1 N–H and O–H groups in total. The Morgan fingerprint density at radius 3 is 2.48 bits per heavy atom. The van der Waals surface area contributed by atoms with Crippen LogP contribution in [0.1, 0.15) is 38.3 Å². The molecule has 0 fully saturated rings. The standard InChI is InChI=1S/C22H28N2O3/c1-15(2)27-21-9-7-6-8-19(21)23-22(26)12-13-24(18(5)25)20-14-16(3)10-11-17(20)4/h6-11,14-15H,12-13H2,1-5H3,(H,23,26). The van der Waals surface area contributed by atoms with E-state index in [9.17, 15) is 9.59 Å². The molecule has 2 amide bonds. The van der Waals surface area contributed by atoms with Crippen LogP contribution < -0.4 is 15.0 Å². The summed E-state index contributed by atoms with van der Waals surface area (Å²) in [5.41, 5.74) is 3.56. The number of anilines is 2. The summed E-state index contributed by atoms with van der Waals surface area (Å²) in [6.07, 6.45) is 0.212. The van der Waals surface area contributed by atoms with Gasteiger partial charge in [0.1, 0.15) is 5.75 Å². The number of aryl methyl sites for hydroxylation is 2. The molecular formula is C22H28N2O3. The van der Waals surface area contributed by atoms with E-state index in [-0.39, 0.29) is 24.3 Å². The van der Waals surface area contributed by atoms with Gasteiger partial charge in [-0.25, -0.2) is 0 Å². The Morgan fingerprint density at radius 2 is 1.81 bits per heavy atom. The maximum Gasteiger partial charge on any atom is 0.226 e. The smallest absolute Gasteiger partial charge is 0.226 e. The van der Waals surface area contributed by atoms with Gasteiger partial charge in [-0.1, -0.05) is 24.3 Å². The van der Waals surface area contributed by atoms with Crippen LogP contribution in [0.15, 0.2) is 42.5 Å². The Labute approximate surface area is 161 Å². The first kappa shape index (κ1) is 20.5. The van der Waals surface area contributed by atoms with Crippen LogP contribution in [0, 0.1) is 13.8 Å². The van der Waals surface area contributed by atoms with E-state index in [1.165, 1.54) is 6.92 Å². The first-order chi connectivity index (χ1) is 12.8. The third kappa shape index (κ3) is 5.84. The van der Waals surface area contributed by atoms with Crippen LogP contribution in [0.2, 0.25) is 0 Å². The fourth-order valence-corrected chi connectivity index (χ4v) is 2.81. The van der Waals surface area contributed by atoms with Crippen molar-refractivity contribution in [3.8, 4) is 5.75 Å². The number of carbonyl (C=O) groups is 2. The van der Waals surface area contributed by atoms with E-state index in [1.807, 2.05) is 70.2 Å². The zero-order valence-electron chi connectivity index (χ0n) is 16.7. The van der Waals surface area contributed by atoms with Gasteiger partial charge in [-0.15, -0.1) is 0 Å². The minimum atomic E-state index is -0.161. The number of ether oxygens (including phenoxy) is 1. The van der Waals surface area contributed by atoms with Crippen molar-refractivity contribution in [2.45, 2.75) is 47.1 Å². The van der Waals surface area contributed by atoms with Gasteiger partial charge in [0, 0.05) is 25.6 Å². The maximum atomic E-state index is 12.5. The van der Waals surface area contributed by atoms with Gasteiger partial charge in [-0.3, -0.25) is 9.59 Å². The summed E-state index contributed by atoms with van der Waals surface area (Å²) in [7, 11) is 0. The van der Waals surface area contributed by atoms with Gasteiger partial charge in [-0.2, -0.15) is 0 Å². The highest BCUT2D eigenvalue weighted by Gasteiger charge is 2.16. The van der Waals surface area contributed by atoms with Crippen LogP contribution in [0.5, 0.6) is 5.75 Å². The lowest BCUT2D eigenvalue weighted by molar-refractivity contribution is -0.117. The van der Waals surface area contributed by atoms with Crippen molar-refractivity contribution >= 4 is 23.2 Å². The summed E-state index contributed by atoms with van der Waals surface area (Å²) in [4.78, 5) is 26.2. The number of para-hydroxylation sites is 2. The Bertz CT molecular complexity index is 815. The Kier molecular flexibility index (Phi) is 6.99. The molecule has 2 aromatic carbocycles. The normalized spacial score (nSPS) is 10.6. The van der Waals surface area contributed by atoms with Crippen LogP contribution in [-0.2, 0) is 9.59 Å². The van der Waals surface area contributed by atoms with Crippen molar-refractivity contribution < 1.29 is 14.3 Å². The van der Waals surface area contributed by atoms with Gasteiger partial charge in [0.15, 0.2) is 0 Å². The fraction of sp³-hybridized carbons (Fsp3) is 0.364. The molecule has 5 heteroatoms. The summed E-state index contributed by atoms with van der Waals surface area (Å²) in [6.45, 7) is 9.66. The highest BCUT2D eigenvalue weighted by molar-refractivity contribution is 5.96. The topological polar surface area (TPSA) is 58.6 Å². The summed E-state index contributed by atoms with van der Waals surface area (Å²) in [5.74, 6) is 0.394. The predicted molar refractivity (Wildman–Crippen MR) is 109 cm³/mol. The maximum absolute atomic E-state index is 12.5. The molecule has 2 aromatic rings. The molecule has 144 valence electrons. The molecule has 0 saturated carbocycles. The number of nitrogens with zero attached hydrogens (tertiary/aromatic N) is 1. The third-order valence-corrected chi connectivity index (χ3v) is 4.12. The molecule has 0 aliphatic heterocycles. The number of carbonyl (C=O) groups excluding carboxylic acids is 2. The van der Waals surface area contributed by atoms with E-state index in [0.29, 0.717) is 18.0 Å². The lowest BCUT2D eigenvalue weighted by Crippen LogP contribution is -2.32. The van der Waals surface area contributed by atoms with Gasteiger partial charge >= 0.3 is 0 Å². The van der Waals surface area contributed by atoms with Crippen molar-refractivity contribution in [3.63, 3.8) is 0 Å². The molecule has 2 rings (SSSR count). The molecular weight excluding hydrogens is 340 g/mol. The van der Waals surface area contributed by atoms with E-state index < -0.39 is 0 Å². The van der Waals surface area contributed by atoms with Crippen molar-refractivity contribution in [1.82, 2.24) is 0 Å². The molecule has 0 aliphatic rings. The lowest BCUT2D eigenvalue weighted by Gasteiger charge is -2.23. The lowest BCUT2D eigenvalue weighted by atomic mass is 10.1. The fourth-order valence-electron chi connectivity index (χ4n) is 2.81. The molecule has 0 spiro atoms. The number of amides is 2. The minimum absolute atomic E-state index is 0.0144. The minimum Gasteiger partial charge on any atom is -0.489 e. The molecule has 27 heavy (non-hydrogen) atoms. The second-order valence-electron chi connectivity index (χ2n) is 6.92. The Balaban J connectivity index is 2.07. The SMILES string of the molecule is CC(=O)N(CCC(=O)Nc1ccccc1OC(C)C)c1cc(C)ccc1C. The molecule has 0 atom stereocenters. The first-order valence-electron chi connectivity index (χ1n) is 9.19. The highest BCUT2D eigenvalue weighted by atomic mass is 16.5. The van der Waals surface area contributed by atoms with Crippen molar-refractivity contribution in [2.75, 3.05) is 16.8 Å². The first-order valence-corrected chi connectivity index (χ1v) is 9.19. The Morgan fingerprint density at radius 1 is 1.11 bits per heavy atom. The second-order valence-corrected chi connectivity index (χ2v) is 6.92. The summed E-state index contributed by atoms with van der Waals surface area (Å²) < 4.78 is 5.73. The number of nitrogens with one attached hydrogen (secondary N) is 1. The van der Waals surface area contributed by atoms with Crippen LogP contribution in [-0.4, -0.2) is 24.5 Å². The van der Waals surface area contributed by atoms with Crippen LogP contribution in [0.3, 0.4) is 0 Å². The quantitative estimate of drug-likeness (QED) is 0.784. The van der Waals surface area contributed by atoms with E-state index in [4.69, 9.17) is 4.74 Å². The zero-order valence-corrected chi connectivity index (χ0v) is 16.7. The van der Waals surface area contributed by atoms with Crippen molar-refractivity contribution in [1.29, 1.82) is 0 Å². The van der Waals surface area contributed by atoms with E-state index in [0.717, 1.165) is 16.8 Å². The van der Waals surface area contributed by atoms with Crippen LogP contribution >= 0.6 is 0 Å². The second kappa shape index (κ2) is 9.21. The van der Waals surface area contributed by atoms with Crippen LogP contribution in [0.4, 0.5) is 11.4 Å².